The maximum absolute atomic E-state index is 6.82. The van der Waals surface area contributed by atoms with Crippen LogP contribution in [0.1, 0.15) is 73.9 Å². The molecule has 0 bridgehead atoms. The maximum atomic E-state index is 6.82. The Bertz CT molecular complexity index is 860. The summed E-state index contributed by atoms with van der Waals surface area (Å²) >= 11 is -6.57. The van der Waals surface area contributed by atoms with Gasteiger partial charge in [-0.25, -0.2) is 0 Å². The second-order valence-electron chi connectivity index (χ2n) is 9.97. The number of hydrogen-bond acceptors (Lipinski definition) is 3. The van der Waals surface area contributed by atoms with Gasteiger partial charge in [0.15, 0.2) is 0 Å². The van der Waals surface area contributed by atoms with Gasteiger partial charge in [-0.15, -0.1) is 0 Å². The average molecular weight is 668 g/mol. The zero-order valence-electron chi connectivity index (χ0n) is 22.8. The molecule has 2 rings (SSSR count). The van der Waals surface area contributed by atoms with Gasteiger partial charge in [0, 0.05) is 0 Å². The molecule has 33 heavy (non-hydrogen) atoms. The molecule has 0 atom stereocenters. The van der Waals surface area contributed by atoms with Crippen LogP contribution in [0.15, 0.2) is 24.3 Å². The van der Waals surface area contributed by atoms with Crippen molar-refractivity contribution in [2.24, 2.45) is 0 Å². The predicted octanol–water partition coefficient (Wildman–Crippen LogP) is 8.21. The molecule has 0 radical (unpaired) electrons. The molecule has 0 amide bonds. The summed E-state index contributed by atoms with van der Waals surface area (Å²) in [6, 6.07) is 8.83. The zero-order chi connectivity index (χ0) is 24.8. The third-order valence-electron chi connectivity index (χ3n) is 6.24. The van der Waals surface area contributed by atoms with Gasteiger partial charge in [-0.2, -0.15) is 0 Å². The molecule has 3 nitrogen and oxygen atoms in total. The van der Waals surface area contributed by atoms with E-state index in [9.17, 15) is 0 Å². The van der Waals surface area contributed by atoms with Crippen molar-refractivity contribution < 1.29 is 7.56 Å². The standard InChI is InChI=1S/2C12H18O.4CH3.O.2Sn/c2*1-4-6-10-7-8-12(13)9(3)11(10)5-2;;;;;;;/h2*7-8,13H,4-6H2,1-3H3;4*1H3;;;/q;;;;;;;2*+1/p-2. The summed E-state index contributed by atoms with van der Waals surface area (Å²) in [5.74, 6) is 2.01. The van der Waals surface area contributed by atoms with E-state index in [1.165, 1.54) is 46.2 Å². The van der Waals surface area contributed by atoms with Crippen molar-refractivity contribution in [2.45, 2.75) is 99.8 Å². The first kappa shape index (κ1) is 28.8. The molecule has 0 heterocycles. The van der Waals surface area contributed by atoms with Gasteiger partial charge in [-0.3, -0.25) is 0 Å². The Kier molecular flexibility index (Phi) is 10.9. The zero-order valence-corrected chi connectivity index (χ0v) is 28.5. The average Bonchev–Trinajstić information content (AvgIpc) is 2.72. The van der Waals surface area contributed by atoms with Crippen LogP contribution in [0.4, 0.5) is 0 Å². The first-order chi connectivity index (χ1) is 15.5. The number of aryl methyl sites for hydroxylation is 2. The summed E-state index contributed by atoms with van der Waals surface area (Å²) in [6.07, 6.45) is 6.66. The quantitative estimate of drug-likeness (QED) is 0.214. The van der Waals surface area contributed by atoms with Gasteiger partial charge < -0.3 is 0 Å². The second kappa shape index (κ2) is 12.5. The van der Waals surface area contributed by atoms with E-state index in [1.54, 1.807) is 0 Å². The fraction of sp³-hybridized carbons (Fsp3) is 0.571. The molecule has 0 aliphatic heterocycles. The van der Waals surface area contributed by atoms with E-state index in [0.29, 0.717) is 0 Å². The molecule has 2 aromatic rings. The molecule has 0 saturated carbocycles. The number of benzene rings is 2. The third-order valence-corrected chi connectivity index (χ3v) is 31.9. The van der Waals surface area contributed by atoms with Gasteiger partial charge in [0.1, 0.15) is 0 Å². The second-order valence-corrected chi connectivity index (χ2v) is 31.6. The van der Waals surface area contributed by atoms with Crippen molar-refractivity contribution in [1.82, 2.24) is 0 Å². The molecule has 0 aliphatic rings. The molecule has 0 unspecified atom stereocenters. The molecule has 184 valence electrons. The Balaban J connectivity index is 2.22. The molecule has 0 N–H and O–H groups in total. The van der Waals surface area contributed by atoms with Crippen molar-refractivity contribution in [2.75, 3.05) is 0 Å². The van der Waals surface area contributed by atoms with E-state index >= 15 is 0 Å². The number of rotatable bonds is 12. The Morgan fingerprint density at radius 1 is 0.606 bits per heavy atom. The van der Waals surface area contributed by atoms with Crippen LogP contribution in [-0.2, 0) is 27.1 Å². The molecular formula is C28H46O3Sn2. The summed E-state index contributed by atoms with van der Waals surface area (Å²) in [7, 11) is 0. The van der Waals surface area contributed by atoms with Crippen LogP contribution in [-0.4, -0.2) is 38.4 Å². The molecule has 0 fully saturated rings. The van der Waals surface area contributed by atoms with Crippen LogP contribution in [0, 0.1) is 13.8 Å². The molecule has 0 aliphatic carbocycles. The Morgan fingerprint density at radius 3 is 1.27 bits per heavy atom. The fourth-order valence-electron chi connectivity index (χ4n) is 4.96. The molecule has 2 aromatic carbocycles. The van der Waals surface area contributed by atoms with Gasteiger partial charge in [-0.05, 0) is 0 Å². The molecule has 0 aromatic heterocycles. The summed E-state index contributed by atoms with van der Waals surface area (Å²) in [5, 5.41) is 0. The van der Waals surface area contributed by atoms with E-state index in [-0.39, 0.29) is 0 Å². The van der Waals surface area contributed by atoms with Gasteiger partial charge in [0.05, 0.1) is 0 Å². The first-order valence-electron chi connectivity index (χ1n) is 12.8. The van der Waals surface area contributed by atoms with E-state index in [4.69, 9.17) is 7.56 Å². The van der Waals surface area contributed by atoms with Gasteiger partial charge in [0.2, 0.25) is 0 Å². The van der Waals surface area contributed by atoms with Crippen LogP contribution in [0.3, 0.4) is 0 Å². The van der Waals surface area contributed by atoms with Crippen LogP contribution in [0.25, 0.3) is 0 Å². The molecule has 0 spiro atoms. The van der Waals surface area contributed by atoms with Crippen molar-refractivity contribution >= 4 is 38.4 Å². The SMILES string of the molecule is CCCc1ccc([O][Sn]([CH3])([CH3])[O][Sn]([CH3])([CH3])[O]c2ccc(CCC)c(CC)c2C)c(C)c1CC. The number of hydrogen-bond donors (Lipinski definition) is 0. The summed E-state index contributed by atoms with van der Waals surface area (Å²) in [6.45, 7) is 13.4. The minimum atomic E-state index is -3.29. The fourth-order valence-corrected chi connectivity index (χ4v) is 37.1. The van der Waals surface area contributed by atoms with Gasteiger partial charge in [-0.1, -0.05) is 0 Å². The Hall–Kier alpha value is -0.403. The van der Waals surface area contributed by atoms with E-state index < -0.39 is 38.4 Å². The van der Waals surface area contributed by atoms with Crippen LogP contribution in [0.2, 0.25) is 19.8 Å². The summed E-state index contributed by atoms with van der Waals surface area (Å²) < 4.78 is 20.2. The molecule has 5 heteroatoms. The van der Waals surface area contributed by atoms with Gasteiger partial charge in [0.25, 0.3) is 0 Å². The van der Waals surface area contributed by atoms with Crippen molar-refractivity contribution in [3.63, 3.8) is 0 Å². The van der Waals surface area contributed by atoms with Crippen molar-refractivity contribution in [3.05, 3.63) is 57.6 Å². The first-order valence-corrected chi connectivity index (χ1v) is 28.9. The van der Waals surface area contributed by atoms with E-state index in [1.807, 2.05) is 0 Å². The summed E-state index contributed by atoms with van der Waals surface area (Å²) in [5.41, 5.74) is 8.34. The minimum absolute atomic E-state index is 1.00. The van der Waals surface area contributed by atoms with E-state index in [2.05, 4.69) is 85.6 Å². The monoisotopic (exact) mass is 670 g/mol. The topological polar surface area (TPSA) is 27.7 Å². The Labute approximate surface area is 213 Å². The summed E-state index contributed by atoms with van der Waals surface area (Å²) in [4.78, 5) is 8.87. The van der Waals surface area contributed by atoms with Crippen molar-refractivity contribution in [3.8, 4) is 11.5 Å². The van der Waals surface area contributed by atoms with Gasteiger partial charge >= 0.3 is 215 Å². The predicted molar refractivity (Wildman–Crippen MR) is 146 cm³/mol. The Morgan fingerprint density at radius 2 is 0.970 bits per heavy atom. The van der Waals surface area contributed by atoms with E-state index in [0.717, 1.165) is 37.2 Å². The third kappa shape index (κ3) is 7.79. The molecular weight excluding hydrogens is 622 g/mol. The molecule has 0 saturated heterocycles. The van der Waals surface area contributed by atoms with Crippen LogP contribution < -0.4 is 6.15 Å². The van der Waals surface area contributed by atoms with Crippen LogP contribution >= 0.6 is 0 Å². The van der Waals surface area contributed by atoms with Crippen LogP contribution in [0.5, 0.6) is 11.5 Å². The normalized spacial score (nSPS) is 12.2. The van der Waals surface area contributed by atoms with Crippen molar-refractivity contribution in [1.29, 1.82) is 0 Å².